The van der Waals surface area contributed by atoms with E-state index in [1.54, 1.807) is 12.4 Å². The van der Waals surface area contributed by atoms with Gasteiger partial charge < -0.3 is 10.1 Å². The van der Waals surface area contributed by atoms with E-state index < -0.39 is 12.6 Å². The minimum atomic E-state index is -4.30. The standard InChI is InChI=1S/C22H22F3N5OS/c23-22(24,25)10-15-7-8-27-13-20(15)31-18-4-1-14(9-18)16-11-28-21(29-12-16)30-17-2-5-19(32-26)6-3-17/h2-3,5-8,11-14,18H,1,4,9-10,26H2,(H,28,29,30). The number of hydrogen-bond donors (Lipinski definition) is 2. The Balaban J connectivity index is 1.35. The van der Waals surface area contributed by atoms with Crippen LogP contribution in [0.2, 0.25) is 0 Å². The second-order valence-corrected chi connectivity index (χ2v) is 8.34. The van der Waals surface area contributed by atoms with Gasteiger partial charge in [-0.15, -0.1) is 0 Å². The molecule has 2 unspecified atom stereocenters. The monoisotopic (exact) mass is 461 g/mol. The van der Waals surface area contributed by atoms with Gasteiger partial charge in [-0.1, -0.05) is 0 Å². The first-order chi connectivity index (χ1) is 15.4. The maximum Gasteiger partial charge on any atom is 0.393 e. The van der Waals surface area contributed by atoms with Crippen LogP contribution >= 0.6 is 11.9 Å². The van der Waals surface area contributed by atoms with Crippen LogP contribution in [0.3, 0.4) is 0 Å². The number of benzene rings is 1. The number of rotatable bonds is 7. The molecule has 0 saturated heterocycles. The van der Waals surface area contributed by atoms with Crippen molar-refractivity contribution in [3.05, 3.63) is 66.2 Å². The molecule has 6 nitrogen and oxygen atoms in total. The number of anilines is 2. The van der Waals surface area contributed by atoms with Gasteiger partial charge in [0.25, 0.3) is 0 Å². The van der Waals surface area contributed by atoms with Gasteiger partial charge in [0.1, 0.15) is 5.75 Å². The molecule has 1 aliphatic rings. The number of nitrogens with one attached hydrogen (secondary N) is 1. The molecule has 0 aliphatic heterocycles. The van der Waals surface area contributed by atoms with E-state index in [4.69, 9.17) is 9.88 Å². The molecule has 1 fully saturated rings. The molecule has 32 heavy (non-hydrogen) atoms. The summed E-state index contributed by atoms with van der Waals surface area (Å²) in [6.07, 6.45) is 3.07. The van der Waals surface area contributed by atoms with Gasteiger partial charge in [0.2, 0.25) is 5.95 Å². The first-order valence-electron chi connectivity index (χ1n) is 10.1. The molecule has 0 bridgehead atoms. The second kappa shape index (κ2) is 9.74. The minimum Gasteiger partial charge on any atom is -0.489 e. The van der Waals surface area contributed by atoms with Crippen molar-refractivity contribution in [3.8, 4) is 5.75 Å². The van der Waals surface area contributed by atoms with Crippen LogP contribution in [0.25, 0.3) is 0 Å². The first-order valence-corrected chi connectivity index (χ1v) is 11.0. The third-order valence-corrected chi connectivity index (χ3v) is 5.87. The van der Waals surface area contributed by atoms with Crippen molar-refractivity contribution in [2.24, 2.45) is 5.14 Å². The number of aromatic nitrogens is 3. The third kappa shape index (κ3) is 5.89. The van der Waals surface area contributed by atoms with E-state index in [0.29, 0.717) is 12.4 Å². The molecule has 0 amide bonds. The molecule has 2 aromatic heterocycles. The summed E-state index contributed by atoms with van der Waals surface area (Å²) in [6.45, 7) is 0. The predicted octanol–water partition coefficient (Wildman–Crippen LogP) is 5.40. The SMILES string of the molecule is NSc1ccc(Nc2ncc(C3CCC(Oc4cnccc4CC(F)(F)F)C3)cn2)cc1. The van der Waals surface area contributed by atoms with Crippen molar-refractivity contribution in [3.63, 3.8) is 0 Å². The molecule has 2 heterocycles. The average Bonchev–Trinajstić information content (AvgIpc) is 3.24. The highest BCUT2D eigenvalue weighted by molar-refractivity contribution is 7.97. The summed E-state index contributed by atoms with van der Waals surface area (Å²) in [5.74, 6) is 0.878. The van der Waals surface area contributed by atoms with E-state index in [2.05, 4.69) is 20.3 Å². The van der Waals surface area contributed by atoms with Gasteiger partial charge in [-0.05, 0) is 73.0 Å². The molecule has 10 heteroatoms. The van der Waals surface area contributed by atoms with Crippen molar-refractivity contribution in [2.75, 3.05) is 5.32 Å². The Morgan fingerprint density at radius 1 is 1.06 bits per heavy atom. The van der Waals surface area contributed by atoms with Crippen molar-refractivity contribution >= 4 is 23.6 Å². The molecule has 1 saturated carbocycles. The Hall–Kier alpha value is -2.85. The molecule has 2 atom stereocenters. The summed E-state index contributed by atoms with van der Waals surface area (Å²) >= 11 is 1.18. The smallest absolute Gasteiger partial charge is 0.393 e. The van der Waals surface area contributed by atoms with E-state index in [9.17, 15) is 13.2 Å². The Labute approximate surface area is 188 Å². The molecule has 1 aromatic carbocycles. The van der Waals surface area contributed by atoms with E-state index in [1.807, 2.05) is 24.3 Å². The highest BCUT2D eigenvalue weighted by Gasteiger charge is 2.32. The van der Waals surface area contributed by atoms with Crippen molar-refractivity contribution in [1.82, 2.24) is 15.0 Å². The fourth-order valence-corrected chi connectivity index (χ4v) is 4.06. The van der Waals surface area contributed by atoms with Crippen molar-refractivity contribution in [1.29, 1.82) is 0 Å². The maximum absolute atomic E-state index is 12.8. The Morgan fingerprint density at radius 2 is 1.81 bits per heavy atom. The zero-order valence-corrected chi connectivity index (χ0v) is 17.9. The van der Waals surface area contributed by atoms with Gasteiger partial charge in [-0.25, -0.2) is 9.97 Å². The second-order valence-electron chi connectivity index (χ2n) is 7.63. The Bertz CT molecular complexity index is 1030. The normalized spacial score (nSPS) is 18.5. The lowest BCUT2D eigenvalue weighted by Gasteiger charge is -2.17. The van der Waals surface area contributed by atoms with Gasteiger partial charge in [-0.3, -0.25) is 10.1 Å². The minimum absolute atomic E-state index is 0.104. The molecule has 1 aliphatic carbocycles. The Morgan fingerprint density at radius 3 is 2.50 bits per heavy atom. The van der Waals surface area contributed by atoms with Gasteiger partial charge >= 0.3 is 6.18 Å². The van der Waals surface area contributed by atoms with E-state index >= 15 is 0 Å². The van der Waals surface area contributed by atoms with E-state index in [0.717, 1.165) is 29.0 Å². The predicted molar refractivity (Wildman–Crippen MR) is 117 cm³/mol. The number of ether oxygens (including phenoxy) is 1. The van der Waals surface area contributed by atoms with Crippen LogP contribution in [0.5, 0.6) is 5.75 Å². The lowest BCUT2D eigenvalue weighted by atomic mass is 10.0. The summed E-state index contributed by atoms with van der Waals surface area (Å²) < 4.78 is 44.4. The quantitative estimate of drug-likeness (QED) is 0.456. The molecule has 4 rings (SSSR count). The van der Waals surface area contributed by atoms with Crippen LogP contribution in [0.1, 0.15) is 36.3 Å². The zero-order chi connectivity index (χ0) is 22.6. The van der Waals surface area contributed by atoms with Gasteiger partial charge in [0, 0.05) is 34.7 Å². The van der Waals surface area contributed by atoms with Gasteiger partial charge in [0.15, 0.2) is 0 Å². The summed E-state index contributed by atoms with van der Waals surface area (Å²) in [5.41, 5.74) is 1.95. The third-order valence-electron chi connectivity index (χ3n) is 5.33. The van der Waals surface area contributed by atoms with Crippen molar-refractivity contribution < 1.29 is 17.9 Å². The van der Waals surface area contributed by atoms with Crippen LogP contribution in [0.15, 0.2) is 60.0 Å². The summed E-state index contributed by atoms with van der Waals surface area (Å²) in [6, 6.07) is 8.97. The zero-order valence-electron chi connectivity index (χ0n) is 17.0. The molecule has 168 valence electrons. The fourth-order valence-electron chi connectivity index (χ4n) is 3.77. The van der Waals surface area contributed by atoms with Crippen LogP contribution in [0, 0.1) is 0 Å². The largest absolute Gasteiger partial charge is 0.489 e. The van der Waals surface area contributed by atoms with Gasteiger partial charge in [0.05, 0.1) is 18.7 Å². The van der Waals surface area contributed by atoms with Crippen LogP contribution in [-0.4, -0.2) is 27.2 Å². The number of nitrogens with two attached hydrogens (primary N) is 1. The molecular weight excluding hydrogens is 439 g/mol. The Kier molecular flexibility index (Phi) is 6.80. The number of hydrogen-bond acceptors (Lipinski definition) is 7. The maximum atomic E-state index is 12.8. The molecule has 3 N–H and O–H groups in total. The molecular formula is C22H22F3N5OS. The topological polar surface area (TPSA) is 86.0 Å². The van der Waals surface area contributed by atoms with Crippen LogP contribution in [0.4, 0.5) is 24.8 Å². The van der Waals surface area contributed by atoms with E-state index in [1.165, 1.54) is 30.4 Å². The fraction of sp³-hybridized carbons (Fsp3) is 0.318. The summed E-state index contributed by atoms with van der Waals surface area (Å²) in [4.78, 5) is 13.7. The van der Waals surface area contributed by atoms with E-state index in [-0.39, 0.29) is 23.3 Å². The lowest BCUT2D eigenvalue weighted by molar-refractivity contribution is -0.127. The number of alkyl halides is 3. The first kappa shape index (κ1) is 22.3. The number of nitrogens with zero attached hydrogens (tertiary/aromatic N) is 3. The van der Waals surface area contributed by atoms with Gasteiger partial charge in [-0.2, -0.15) is 13.2 Å². The van der Waals surface area contributed by atoms with Crippen LogP contribution in [-0.2, 0) is 6.42 Å². The number of halogens is 3. The molecule has 0 radical (unpaired) electrons. The average molecular weight is 462 g/mol. The van der Waals surface area contributed by atoms with Crippen molar-refractivity contribution in [2.45, 2.75) is 48.8 Å². The molecule has 3 aromatic rings. The lowest BCUT2D eigenvalue weighted by Crippen LogP contribution is -2.17. The highest BCUT2D eigenvalue weighted by atomic mass is 32.2. The summed E-state index contributed by atoms with van der Waals surface area (Å²) in [5, 5.41) is 8.67. The van der Waals surface area contributed by atoms with Crippen LogP contribution < -0.4 is 15.2 Å². The highest BCUT2D eigenvalue weighted by Crippen LogP contribution is 2.37. The number of pyridine rings is 1. The summed E-state index contributed by atoms with van der Waals surface area (Å²) in [7, 11) is 0. The molecule has 0 spiro atoms.